The highest BCUT2D eigenvalue weighted by Crippen LogP contribution is 2.54. The molecule has 11 aromatic rings. The predicted octanol–water partition coefficient (Wildman–Crippen LogP) is 20.6. The molecule has 2 aliphatic rings. The van der Waals surface area contributed by atoms with Gasteiger partial charge in [0.15, 0.2) is 0 Å². The van der Waals surface area contributed by atoms with Gasteiger partial charge in [-0.2, -0.15) is 0 Å². The summed E-state index contributed by atoms with van der Waals surface area (Å²) < 4.78 is 0. The molecule has 0 spiro atoms. The summed E-state index contributed by atoms with van der Waals surface area (Å²) in [5, 5.41) is 0. The maximum atomic E-state index is 2.68. The predicted molar refractivity (Wildman–Crippen MR) is 359 cm³/mol. The molecule has 2 nitrogen and oxygen atoms in total. The third-order valence-corrected chi connectivity index (χ3v) is 17.5. The number of rotatable bonds is 10. The van der Waals surface area contributed by atoms with Crippen LogP contribution in [0.3, 0.4) is 0 Å². The Morgan fingerprint density at radius 2 is 0.711 bits per heavy atom. The van der Waals surface area contributed by atoms with Crippen LogP contribution >= 0.6 is 0 Å². The smallest absolute Gasteiger partial charge is 0.252 e. The summed E-state index contributed by atoms with van der Waals surface area (Å²) in [6, 6.07) is 94.4. The van der Waals surface area contributed by atoms with Gasteiger partial charge in [0.2, 0.25) is 0 Å². The first-order valence-corrected chi connectivity index (χ1v) is 29.9. The van der Waals surface area contributed by atoms with Crippen LogP contribution in [-0.4, -0.2) is 6.71 Å². The van der Waals surface area contributed by atoms with E-state index in [-0.39, 0.29) is 17.5 Å². The Hall–Kier alpha value is -8.92. The van der Waals surface area contributed by atoms with Gasteiger partial charge in [0.25, 0.3) is 6.71 Å². The molecule has 0 amide bonds. The van der Waals surface area contributed by atoms with Crippen molar-refractivity contribution in [2.45, 2.75) is 91.9 Å². The average molecular weight is 1070 g/mol. The molecule has 83 heavy (non-hydrogen) atoms. The first-order valence-electron chi connectivity index (χ1n) is 29.9. The van der Waals surface area contributed by atoms with Crippen molar-refractivity contribution >= 4 is 57.2 Å². The van der Waals surface area contributed by atoms with E-state index in [1.165, 1.54) is 128 Å². The topological polar surface area (TPSA) is 6.48 Å². The lowest BCUT2D eigenvalue weighted by Crippen LogP contribution is -2.61. The van der Waals surface area contributed by atoms with Gasteiger partial charge in [-0.1, -0.05) is 294 Å². The van der Waals surface area contributed by atoms with E-state index in [4.69, 9.17) is 0 Å². The maximum absolute atomic E-state index is 2.68. The van der Waals surface area contributed by atoms with Gasteiger partial charge >= 0.3 is 0 Å². The molecule has 0 fully saturated rings. The summed E-state index contributed by atoms with van der Waals surface area (Å²) in [6.07, 6.45) is 0. The minimum atomic E-state index is -0.235. The number of anilines is 6. The van der Waals surface area contributed by atoms with Crippen molar-refractivity contribution in [3.05, 3.63) is 271 Å². The number of benzene rings is 11. The molecule has 2 heterocycles. The summed E-state index contributed by atoms with van der Waals surface area (Å²) in [4.78, 5) is 5.36. The van der Waals surface area contributed by atoms with Gasteiger partial charge in [-0.15, -0.1) is 0 Å². The normalized spacial score (nSPS) is 12.8. The molecule has 0 aromatic heterocycles. The molecule has 2 aliphatic heterocycles. The van der Waals surface area contributed by atoms with Crippen molar-refractivity contribution in [2.75, 3.05) is 9.80 Å². The van der Waals surface area contributed by atoms with Crippen LogP contribution in [0.25, 0.3) is 66.8 Å². The van der Waals surface area contributed by atoms with Crippen molar-refractivity contribution in [3.8, 4) is 66.8 Å². The second-order valence-corrected chi connectivity index (χ2v) is 25.6. The Morgan fingerprint density at radius 3 is 1.11 bits per heavy atom. The molecule has 11 aromatic carbocycles. The molecule has 0 radical (unpaired) electrons. The standard InChI is InChI=1S/C80H73BN2/c1-52(2)58-41-44-62(68(47-58)53(3)4)59-42-45-72-70(48-59)81-71-49-60(63-35-23-24-40-69(63)80(8,9)10)43-46-73(71)83(78-66(56-31-19-13-20-32-56)38-26-39-67(78)57-33-21-14-22-34-57)75-51-61(79(5,6)7)50-74(76(75)81)82(72)77-64(54-27-15-11-16-28-54)36-25-37-65(77)55-29-17-12-18-30-55/h11-53H,1-10H3. The van der Waals surface area contributed by atoms with Crippen molar-refractivity contribution in [1.29, 1.82) is 0 Å². The number of fused-ring (bicyclic) bond motifs is 4. The van der Waals surface area contributed by atoms with Gasteiger partial charge in [0.1, 0.15) is 0 Å². The first kappa shape index (κ1) is 53.4. The third kappa shape index (κ3) is 9.51. The average Bonchev–Trinajstić information content (AvgIpc) is 1.03. The van der Waals surface area contributed by atoms with E-state index in [1.807, 2.05) is 0 Å². The Labute approximate surface area is 493 Å². The fraction of sp³-hybridized carbons (Fsp3) is 0.175. The molecule has 406 valence electrons. The van der Waals surface area contributed by atoms with E-state index in [0.29, 0.717) is 11.8 Å². The number of para-hydroxylation sites is 2. The molecule has 0 saturated heterocycles. The maximum Gasteiger partial charge on any atom is 0.252 e. The molecule has 0 saturated carbocycles. The molecule has 0 bridgehead atoms. The molecule has 0 unspecified atom stereocenters. The highest BCUT2D eigenvalue weighted by atomic mass is 15.2. The Kier molecular flexibility index (Phi) is 13.6. The summed E-state index contributed by atoms with van der Waals surface area (Å²) in [5.41, 5.74) is 30.4. The summed E-state index contributed by atoms with van der Waals surface area (Å²) >= 11 is 0. The molecular formula is C80H73BN2. The lowest BCUT2D eigenvalue weighted by molar-refractivity contribution is 0.590. The SMILES string of the molecule is CC(C)c1ccc(-c2ccc3c(c2)B2c4cc(-c5ccccc5C(C)(C)C)ccc4N(c4c(-c5ccccc5)cccc4-c4ccccc4)c4cc(C(C)(C)C)cc(c42)N3c2c(-c3ccccc3)cccc2-c2ccccc2)c(C(C)C)c1. The van der Waals surface area contributed by atoms with E-state index >= 15 is 0 Å². The second kappa shape index (κ2) is 21.1. The highest BCUT2D eigenvalue weighted by molar-refractivity contribution is 7.00. The van der Waals surface area contributed by atoms with Crippen LogP contribution in [0.2, 0.25) is 0 Å². The van der Waals surface area contributed by atoms with Crippen LogP contribution in [0, 0.1) is 0 Å². The lowest BCUT2D eigenvalue weighted by Gasteiger charge is -2.46. The van der Waals surface area contributed by atoms with Gasteiger partial charge in [-0.05, 0) is 130 Å². The summed E-state index contributed by atoms with van der Waals surface area (Å²) in [6.45, 7) is 23.3. The number of hydrogen-bond acceptors (Lipinski definition) is 2. The van der Waals surface area contributed by atoms with Crippen molar-refractivity contribution in [2.24, 2.45) is 0 Å². The fourth-order valence-electron chi connectivity index (χ4n) is 13.3. The van der Waals surface area contributed by atoms with Gasteiger partial charge in [-0.3, -0.25) is 0 Å². The van der Waals surface area contributed by atoms with Gasteiger partial charge < -0.3 is 9.80 Å². The second-order valence-electron chi connectivity index (χ2n) is 25.6. The molecule has 0 atom stereocenters. The molecule has 0 aliphatic carbocycles. The van der Waals surface area contributed by atoms with E-state index in [2.05, 4.69) is 328 Å². The quantitative estimate of drug-likeness (QED) is 0.126. The van der Waals surface area contributed by atoms with Crippen molar-refractivity contribution < 1.29 is 0 Å². The summed E-state index contributed by atoms with van der Waals surface area (Å²) in [7, 11) is 0. The zero-order valence-electron chi connectivity index (χ0n) is 49.8. The molecule has 0 N–H and O–H groups in total. The van der Waals surface area contributed by atoms with Gasteiger partial charge in [0, 0.05) is 45.0 Å². The minimum absolute atomic E-state index is 0.0877. The van der Waals surface area contributed by atoms with Crippen LogP contribution in [-0.2, 0) is 10.8 Å². The minimum Gasteiger partial charge on any atom is -0.310 e. The molecule has 13 rings (SSSR count). The fourth-order valence-corrected chi connectivity index (χ4v) is 13.3. The van der Waals surface area contributed by atoms with Crippen LogP contribution in [0.5, 0.6) is 0 Å². The summed E-state index contributed by atoms with van der Waals surface area (Å²) in [5.74, 6) is 0.743. The zero-order chi connectivity index (χ0) is 57.3. The van der Waals surface area contributed by atoms with E-state index in [9.17, 15) is 0 Å². The first-order chi connectivity index (χ1) is 40.1. The Morgan fingerprint density at radius 1 is 0.313 bits per heavy atom. The lowest BCUT2D eigenvalue weighted by atomic mass is 9.33. The van der Waals surface area contributed by atoms with E-state index in [1.54, 1.807) is 0 Å². The van der Waals surface area contributed by atoms with Gasteiger partial charge in [0.05, 0.1) is 11.4 Å². The number of hydrogen-bond donors (Lipinski definition) is 0. The van der Waals surface area contributed by atoms with Crippen LogP contribution in [0.15, 0.2) is 249 Å². The van der Waals surface area contributed by atoms with Crippen LogP contribution in [0.4, 0.5) is 34.1 Å². The largest absolute Gasteiger partial charge is 0.310 e. The van der Waals surface area contributed by atoms with E-state index < -0.39 is 0 Å². The molecular weight excluding hydrogens is 1000 g/mol. The van der Waals surface area contributed by atoms with Gasteiger partial charge in [-0.25, -0.2) is 0 Å². The Bertz CT molecular complexity index is 4090. The van der Waals surface area contributed by atoms with Crippen molar-refractivity contribution in [3.63, 3.8) is 0 Å². The Balaban J connectivity index is 1.23. The van der Waals surface area contributed by atoms with E-state index in [0.717, 1.165) is 11.4 Å². The van der Waals surface area contributed by atoms with Crippen LogP contribution in [0.1, 0.15) is 103 Å². The van der Waals surface area contributed by atoms with Crippen LogP contribution < -0.4 is 26.2 Å². The monoisotopic (exact) mass is 1070 g/mol. The third-order valence-electron chi connectivity index (χ3n) is 17.5. The number of nitrogens with zero attached hydrogens (tertiary/aromatic N) is 2. The molecule has 3 heteroatoms. The highest BCUT2D eigenvalue weighted by Gasteiger charge is 2.46. The zero-order valence-corrected chi connectivity index (χ0v) is 49.8. The van der Waals surface area contributed by atoms with Crippen molar-refractivity contribution in [1.82, 2.24) is 0 Å².